The Kier molecular flexibility index (Phi) is 4.03. The topological polar surface area (TPSA) is 86.1 Å². The molecule has 7 nitrogen and oxygen atoms in total. The molecule has 1 aliphatic rings. The molecule has 1 aromatic carbocycles. The SMILES string of the molecule is Cc1ccc(S(=O)(=O)NC[C@H]2COCc3nc4cccnc4n32)cc1. The van der Waals surface area contributed by atoms with E-state index in [1.54, 1.807) is 30.5 Å². The highest BCUT2D eigenvalue weighted by Gasteiger charge is 2.26. The van der Waals surface area contributed by atoms with Crippen molar-refractivity contribution in [3.8, 4) is 0 Å². The Balaban J connectivity index is 1.59. The number of fused-ring (bicyclic) bond motifs is 3. The number of hydrogen-bond donors (Lipinski definition) is 1. The second kappa shape index (κ2) is 6.21. The Labute approximate surface area is 145 Å². The van der Waals surface area contributed by atoms with E-state index in [0.717, 1.165) is 22.6 Å². The number of benzene rings is 1. The van der Waals surface area contributed by atoms with Gasteiger partial charge in [0, 0.05) is 12.7 Å². The van der Waals surface area contributed by atoms with Gasteiger partial charge in [0.2, 0.25) is 10.0 Å². The second-order valence-electron chi connectivity index (χ2n) is 6.08. The molecular weight excluding hydrogens is 340 g/mol. The number of nitrogens with one attached hydrogen (secondary N) is 1. The van der Waals surface area contributed by atoms with Crippen LogP contribution >= 0.6 is 0 Å². The zero-order valence-corrected chi connectivity index (χ0v) is 14.5. The molecule has 1 N–H and O–H groups in total. The van der Waals surface area contributed by atoms with Crippen molar-refractivity contribution >= 4 is 21.2 Å². The van der Waals surface area contributed by atoms with Crippen molar-refractivity contribution in [2.45, 2.75) is 24.5 Å². The molecule has 4 rings (SSSR count). The van der Waals surface area contributed by atoms with Crippen LogP contribution in [0.15, 0.2) is 47.5 Å². The van der Waals surface area contributed by atoms with Crippen molar-refractivity contribution in [3.63, 3.8) is 0 Å². The molecule has 0 bridgehead atoms. The molecular formula is C17H18N4O3S. The predicted octanol–water partition coefficient (Wildman–Crippen LogP) is 1.79. The lowest BCUT2D eigenvalue weighted by atomic mass is 10.2. The molecule has 3 aromatic rings. The predicted molar refractivity (Wildman–Crippen MR) is 92.6 cm³/mol. The molecule has 0 aliphatic carbocycles. The van der Waals surface area contributed by atoms with Gasteiger partial charge in [-0.2, -0.15) is 0 Å². The van der Waals surface area contributed by atoms with Gasteiger partial charge in [-0.15, -0.1) is 0 Å². The summed E-state index contributed by atoms with van der Waals surface area (Å²) in [5.41, 5.74) is 2.55. The van der Waals surface area contributed by atoms with Gasteiger partial charge in [-0.1, -0.05) is 17.7 Å². The Morgan fingerprint density at radius 3 is 2.88 bits per heavy atom. The van der Waals surface area contributed by atoms with Crippen LogP contribution in [0, 0.1) is 6.92 Å². The van der Waals surface area contributed by atoms with E-state index in [-0.39, 0.29) is 17.5 Å². The quantitative estimate of drug-likeness (QED) is 0.768. The van der Waals surface area contributed by atoms with Gasteiger partial charge in [0.1, 0.15) is 17.9 Å². The van der Waals surface area contributed by atoms with E-state index in [9.17, 15) is 8.42 Å². The molecule has 0 spiro atoms. The summed E-state index contributed by atoms with van der Waals surface area (Å²) in [4.78, 5) is 9.15. The van der Waals surface area contributed by atoms with Crippen LogP contribution < -0.4 is 4.72 Å². The van der Waals surface area contributed by atoms with E-state index in [2.05, 4.69) is 14.7 Å². The molecule has 0 saturated heterocycles. The lowest BCUT2D eigenvalue weighted by Gasteiger charge is -2.25. The van der Waals surface area contributed by atoms with Gasteiger partial charge in [-0.05, 0) is 31.2 Å². The number of sulfonamides is 1. The average Bonchev–Trinajstić information content (AvgIpc) is 2.99. The van der Waals surface area contributed by atoms with E-state index >= 15 is 0 Å². The lowest BCUT2D eigenvalue weighted by Crippen LogP contribution is -2.35. The first-order valence-electron chi connectivity index (χ1n) is 8.00. The first kappa shape index (κ1) is 16.2. The zero-order valence-electron chi connectivity index (χ0n) is 13.7. The molecule has 0 radical (unpaired) electrons. The van der Waals surface area contributed by atoms with E-state index < -0.39 is 10.0 Å². The fourth-order valence-corrected chi connectivity index (χ4v) is 4.05. The standard InChI is InChI=1S/C17H18N4O3S/c1-12-4-6-14(7-5-12)25(22,23)19-9-13-10-24-11-16-20-15-3-2-8-18-17(15)21(13)16/h2-8,13,19H,9-11H2,1H3/t13-/m0/s1. The summed E-state index contributed by atoms with van der Waals surface area (Å²) in [6, 6.07) is 10.3. The molecule has 0 amide bonds. The van der Waals surface area contributed by atoms with Crippen LogP contribution in [0.5, 0.6) is 0 Å². The van der Waals surface area contributed by atoms with E-state index in [1.165, 1.54) is 0 Å². The fourth-order valence-electron chi connectivity index (χ4n) is 2.98. The third kappa shape index (κ3) is 3.04. The normalized spacial score (nSPS) is 17.6. The number of ether oxygens (including phenoxy) is 1. The molecule has 3 heterocycles. The lowest BCUT2D eigenvalue weighted by molar-refractivity contribution is 0.0578. The highest BCUT2D eigenvalue weighted by Crippen LogP contribution is 2.24. The Morgan fingerprint density at radius 2 is 2.08 bits per heavy atom. The monoisotopic (exact) mass is 358 g/mol. The minimum atomic E-state index is -3.58. The molecule has 0 fully saturated rings. The minimum absolute atomic E-state index is 0.191. The highest BCUT2D eigenvalue weighted by atomic mass is 32.2. The van der Waals surface area contributed by atoms with Crippen LogP contribution in [0.3, 0.4) is 0 Å². The molecule has 2 aromatic heterocycles. The molecule has 1 atom stereocenters. The number of hydrogen-bond acceptors (Lipinski definition) is 5. The number of aryl methyl sites for hydroxylation is 1. The summed E-state index contributed by atoms with van der Waals surface area (Å²) >= 11 is 0. The Bertz CT molecular complexity index is 1010. The summed E-state index contributed by atoms with van der Waals surface area (Å²) in [5, 5.41) is 0. The smallest absolute Gasteiger partial charge is 0.240 e. The number of rotatable bonds is 4. The van der Waals surface area contributed by atoms with Gasteiger partial charge in [-0.25, -0.2) is 23.1 Å². The van der Waals surface area contributed by atoms with Gasteiger partial charge < -0.3 is 9.30 Å². The van der Waals surface area contributed by atoms with Crippen LogP contribution in [-0.2, 0) is 21.4 Å². The van der Waals surface area contributed by atoms with E-state index in [1.807, 2.05) is 23.6 Å². The van der Waals surface area contributed by atoms with Crippen molar-refractivity contribution < 1.29 is 13.2 Å². The zero-order chi connectivity index (χ0) is 17.4. The number of pyridine rings is 1. The third-order valence-electron chi connectivity index (χ3n) is 4.27. The van der Waals surface area contributed by atoms with E-state index in [0.29, 0.717) is 13.2 Å². The van der Waals surface area contributed by atoms with E-state index in [4.69, 9.17) is 4.74 Å². The first-order chi connectivity index (χ1) is 12.0. The number of aromatic nitrogens is 3. The maximum absolute atomic E-state index is 12.5. The van der Waals surface area contributed by atoms with Crippen molar-refractivity contribution in [1.82, 2.24) is 19.3 Å². The van der Waals surface area contributed by atoms with Gasteiger partial charge in [0.15, 0.2) is 5.65 Å². The number of imidazole rings is 1. The van der Waals surface area contributed by atoms with Gasteiger partial charge >= 0.3 is 0 Å². The molecule has 1 aliphatic heterocycles. The summed E-state index contributed by atoms with van der Waals surface area (Å²) in [5.74, 6) is 0.763. The first-order valence-corrected chi connectivity index (χ1v) is 9.49. The van der Waals surface area contributed by atoms with Gasteiger partial charge in [0.05, 0.1) is 17.5 Å². The fraction of sp³-hybridized carbons (Fsp3) is 0.294. The third-order valence-corrected chi connectivity index (χ3v) is 5.71. The van der Waals surface area contributed by atoms with Crippen LogP contribution in [-0.4, -0.2) is 36.1 Å². The Morgan fingerprint density at radius 1 is 1.28 bits per heavy atom. The van der Waals surface area contributed by atoms with Crippen molar-refractivity contribution in [1.29, 1.82) is 0 Å². The van der Waals surface area contributed by atoms with Crippen molar-refractivity contribution in [2.75, 3.05) is 13.2 Å². The maximum Gasteiger partial charge on any atom is 0.240 e. The van der Waals surface area contributed by atoms with Gasteiger partial charge in [-0.3, -0.25) is 0 Å². The maximum atomic E-state index is 12.5. The molecule has 8 heteroatoms. The highest BCUT2D eigenvalue weighted by molar-refractivity contribution is 7.89. The Hall–Kier alpha value is -2.29. The van der Waals surface area contributed by atoms with Crippen LogP contribution in [0.2, 0.25) is 0 Å². The minimum Gasteiger partial charge on any atom is -0.371 e. The van der Waals surface area contributed by atoms with Crippen LogP contribution in [0.4, 0.5) is 0 Å². The molecule has 0 saturated carbocycles. The van der Waals surface area contributed by atoms with Gasteiger partial charge in [0.25, 0.3) is 0 Å². The summed E-state index contributed by atoms with van der Waals surface area (Å²) < 4.78 is 35.2. The molecule has 130 valence electrons. The second-order valence-corrected chi connectivity index (χ2v) is 7.85. The number of nitrogens with zero attached hydrogens (tertiary/aromatic N) is 3. The summed E-state index contributed by atoms with van der Waals surface area (Å²) in [7, 11) is -3.58. The molecule has 0 unspecified atom stereocenters. The van der Waals surface area contributed by atoms with Crippen molar-refractivity contribution in [2.24, 2.45) is 0 Å². The summed E-state index contributed by atoms with van der Waals surface area (Å²) in [6.07, 6.45) is 1.71. The van der Waals surface area contributed by atoms with Crippen LogP contribution in [0.25, 0.3) is 11.2 Å². The van der Waals surface area contributed by atoms with Crippen LogP contribution in [0.1, 0.15) is 17.4 Å². The molecule has 25 heavy (non-hydrogen) atoms. The van der Waals surface area contributed by atoms with Crippen molar-refractivity contribution in [3.05, 3.63) is 54.0 Å². The largest absolute Gasteiger partial charge is 0.371 e. The average molecular weight is 358 g/mol. The summed E-state index contributed by atoms with van der Waals surface area (Å²) in [6.45, 7) is 2.94.